The summed E-state index contributed by atoms with van der Waals surface area (Å²) in [6.07, 6.45) is 0.358. The van der Waals surface area contributed by atoms with Gasteiger partial charge in [-0.25, -0.2) is 4.39 Å². The molecule has 1 rings (SSSR count). The number of anilines is 1. The lowest BCUT2D eigenvalue weighted by Crippen LogP contribution is -2.13. The average Bonchev–Trinajstić information content (AvgIpc) is 2.23. The Morgan fingerprint density at radius 1 is 1.35 bits per heavy atom. The number of hydrogen-bond acceptors (Lipinski definition) is 2. The van der Waals surface area contributed by atoms with Crippen molar-refractivity contribution in [2.45, 2.75) is 26.7 Å². The molecule has 5 heteroatoms. The third kappa shape index (κ3) is 4.26. The second-order valence-corrected chi connectivity index (χ2v) is 4.69. The lowest BCUT2D eigenvalue weighted by molar-refractivity contribution is -0.121. The van der Waals surface area contributed by atoms with E-state index < -0.39 is 0 Å². The number of aryl methyl sites for hydroxylation is 1. The Labute approximate surface area is 108 Å². The number of benzene rings is 1. The van der Waals surface area contributed by atoms with Crippen LogP contribution >= 0.6 is 15.9 Å². The van der Waals surface area contributed by atoms with Gasteiger partial charge in [0.15, 0.2) is 0 Å². The van der Waals surface area contributed by atoms with Crippen molar-refractivity contribution in [3.05, 3.63) is 28.0 Å². The van der Waals surface area contributed by atoms with Crippen molar-refractivity contribution in [3.63, 3.8) is 0 Å². The normalized spacial score (nSPS) is 10.1. The molecule has 0 spiro atoms. The second kappa shape index (κ2) is 5.91. The van der Waals surface area contributed by atoms with Crippen molar-refractivity contribution in [2.24, 2.45) is 0 Å². The first-order chi connectivity index (χ1) is 7.90. The molecule has 0 unspecified atom stereocenters. The minimum Gasteiger partial charge on any atom is -0.326 e. The summed E-state index contributed by atoms with van der Waals surface area (Å²) in [6, 6.07) is 2.85. The van der Waals surface area contributed by atoms with E-state index in [1.54, 1.807) is 6.92 Å². The van der Waals surface area contributed by atoms with E-state index in [1.807, 2.05) is 0 Å². The van der Waals surface area contributed by atoms with Crippen LogP contribution in [0.25, 0.3) is 0 Å². The molecular weight excluding hydrogens is 289 g/mol. The number of nitrogens with one attached hydrogen (secondary N) is 1. The van der Waals surface area contributed by atoms with Crippen LogP contribution in [-0.2, 0) is 9.59 Å². The summed E-state index contributed by atoms with van der Waals surface area (Å²) < 4.78 is 13.4. The Balaban J connectivity index is 2.71. The van der Waals surface area contributed by atoms with Crippen LogP contribution in [0.2, 0.25) is 0 Å². The maximum absolute atomic E-state index is 13.1. The van der Waals surface area contributed by atoms with Crippen molar-refractivity contribution < 1.29 is 14.0 Å². The molecule has 0 radical (unpaired) electrons. The number of amides is 1. The van der Waals surface area contributed by atoms with Gasteiger partial charge < -0.3 is 10.1 Å². The van der Waals surface area contributed by atoms with Crippen LogP contribution in [0.5, 0.6) is 0 Å². The summed E-state index contributed by atoms with van der Waals surface area (Å²) in [6.45, 7) is 3.14. The minimum atomic E-state index is -0.371. The summed E-state index contributed by atoms with van der Waals surface area (Å²) in [5.74, 6) is -0.650. The molecule has 1 aromatic carbocycles. The number of hydrogen-bond donors (Lipinski definition) is 1. The van der Waals surface area contributed by atoms with E-state index in [1.165, 1.54) is 19.1 Å². The number of carbonyl (C=O) groups excluding carboxylic acids is 2. The average molecular weight is 302 g/mol. The van der Waals surface area contributed by atoms with Crippen molar-refractivity contribution in [3.8, 4) is 0 Å². The zero-order valence-corrected chi connectivity index (χ0v) is 11.2. The Morgan fingerprint density at radius 3 is 2.59 bits per heavy atom. The molecular formula is C12H13BrFNO2. The molecule has 1 amide bonds. The van der Waals surface area contributed by atoms with Crippen LogP contribution in [0.15, 0.2) is 16.6 Å². The zero-order valence-electron chi connectivity index (χ0n) is 9.64. The quantitative estimate of drug-likeness (QED) is 0.928. The molecule has 0 bridgehead atoms. The van der Waals surface area contributed by atoms with Gasteiger partial charge in [-0.1, -0.05) is 0 Å². The van der Waals surface area contributed by atoms with Crippen LogP contribution in [0.3, 0.4) is 0 Å². The predicted molar refractivity (Wildman–Crippen MR) is 67.4 cm³/mol. The molecule has 17 heavy (non-hydrogen) atoms. The molecule has 3 nitrogen and oxygen atoms in total. The van der Waals surface area contributed by atoms with Crippen LogP contribution in [0.4, 0.5) is 10.1 Å². The van der Waals surface area contributed by atoms with E-state index >= 15 is 0 Å². The van der Waals surface area contributed by atoms with Gasteiger partial charge in [0.05, 0.1) is 4.47 Å². The highest BCUT2D eigenvalue weighted by Gasteiger charge is 2.09. The molecule has 1 N–H and O–H groups in total. The molecule has 0 heterocycles. The first-order valence-electron chi connectivity index (χ1n) is 5.15. The van der Waals surface area contributed by atoms with Gasteiger partial charge >= 0.3 is 0 Å². The SMILES string of the molecule is CC(=O)CCC(=O)Nc1cc(Br)c(F)cc1C. The third-order valence-corrected chi connectivity index (χ3v) is 2.85. The van der Waals surface area contributed by atoms with E-state index in [4.69, 9.17) is 0 Å². The number of Topliss-reactive ketones (excluding diaryl/α,β-unsaturated/α-hetero) is 1. The van der Waals surface area contributed by atoms with E-state index in [-0.39, 0.29) is 30.3 Å². The van der Waals surface area contributed by atoms with Gasteiger partial charge in [0, 0.05) is 18.5 Å². The van der Waals surface area contributed by atoms with Crippen LogP contribution in [0.1, 0.15) is 25.3 Å². The summed E-state index contributed by atoms with van der Waals surface area (Å²) in [4.78, 5) is 22.2. The monoisotopic (exact) mass is 301 g/mol. The fourth-order valence-electron chi connectivity index (χ4n) is 1.28. The fraction of sp³-hybridized carbons (Fsp3) is 0.333. The Morgan fingerprint density at radius 2 is 2.00 bits per heavy atom. The molecule has 0 aromatic heterocycles. The van der Waals surface area contributed by atoms with Crippen molar-refractivity contribution >= 4 is 33.3 Å². The highest BCUT2D eigenvalue weighted by Crippen LogP contribution is 2.24. The first kappa shape index (κ1) is 13.8. The Hall–Kier alpha value is -1.23. The van der Waals surface area contributed by atoms with E-state index in [2.05, 4.69) is 21.2 Å². The zero-order chi connectivity index (χ0) is 13.0. The first-order valence-corrected chi connectivity index (χ1v) is 5.94. The van der Waals surface area contributed by atoms with Gasteiger partial charge in [-0.2, -0.15) is 0 Å². The summed E-state index contributed by atoms with van der Waals surface area (Å²) in [5.41, 5.74) is 1.19. The third-order valence-electron chi connectivity index (χ3n) is 2.25. The summed E-state index contributed by atoms with van der Waals surface area (Å²) in [5, 5.41) is 2.65. The molecule has 1 aromatic rings. The van der Waals surface area contributed by atoms with Crippen LogP contribution in [-0.4, -0.2) is 11.7 Å². The number of ketones is 1. The molecule has 0 atom stereocenters. The van der Waals surface area contributed by atoms with Gasteiger partial charge in [-0.15, -0.1) is 0 Å². The van der Waals surface area contributed by atoms with Crippen molar-refractivity contribution in [1.82, 2.24) is 0 Å². The number of carbonyl (C=O) groups is 2. The molecule has 0 aliphatic carbocycles. The largest absolute Gasteiger partial charge is 0.326 e. The predicted octanol–water partition coefficient (Wildman–Crippen LogP) is 3.20. The van der Waals surface area contributed by atoms with Gasteiger partial charge in [0.2, 0.25) is 5.91 Å². The van der Waals surface area contributed by atoms with Crippen molar-refractivity contribution in [1.29, 1.82) is 0 Å². The molecule has 0 saturated heterocycles. The molecule has 0 fully saturated rings. The lowest BCUT2D eigenvalue weighted by Gasteiger charge is -2.09. The van der Waals surface area contributed by atoms with E-state index in [9.17, 15) is 14.0 Å². The van der Waals surface area contributed by atoms with Crippen LogP contribution in [0, 0.1) is 12.7 Å². The van der Waals surface area contributed by atoms with Gasteiger partial charge in [-0.05, 0) is 47.5 Å². The lowest BCUT2D eigenvalue weighted by atomic mass is 10.2. The highest BCUT2D eigenvalue weighted by molar-refractivity contribution is 9.10. The van der Waals surface area contributed by atoms with Crippen molar-refractivity contribution in [2.75, 3.05) is 5.32 Å². The molecule has 0 saturated carbocycles. The second-order valence-electron chi connectivity index (χ2n) is 3.83. The number of rotatable bonds is 4. The number of halogens is 2. The molecule has 0 aliphatic rings. The Kier molecular flexibility index (Phi) is 4.81. The fourth-order valence-corrected chi connectivity index (χ4v) is 1.63. The van der Waals surface area contributed by atoms with Crippen LogP contribution < -0.4 is 5.32 Å². The summed E-state index contributed by atoms with van der Waals surface area (Å²) in [7, 11) is 0. The highest BCUT2D eigenvalue weighted by atomic mass is 79.9. The maximum Gasteiger partial charge on any atom is 0.224 e. The Bertz CT molecular complexity index is 460. The minimum absolute atomic E-state index is 0.0304. The molecule has 92 valence electrons. The van der Waals surface area contributed by atoms with E-state index in [0.29, 0.717) is 15.7 Å². The van der Waals surface area contributed by atoms with Gasteiger partial charge in [0.1, 0.15) is 11.6 Å². The maximum atomic E-state index is 13.1. The summed E-state index contributed by atoms with van der Waals surface area (Å²) >= 11 is 3.05. The molecule has 0 aliphatic heterocycles. The topological polar surface area (TPSA) is 46.2 Å². The van der Waals surface area contributed by atoms with Gasteiger partial charge in [0.25, 0.3) is 0 Å². The standard InChI is InChI=1S/C12H13BrFNO2/c1-7-5-10(14)9(13)6-11(7)15-12(17)4-3-8(2)16/h5-6H,3-4H2,1-2H3,(H,15,17). The van der Waals surface area contributed by atoms with Gasteiger partial charge in [-0.3, -0.25) is 4.79 Å². The van der Waals surface area contributed by atoms with E-state index in [0.717, 1.165) is 0 Å². The smallest absolute Gasteiger partial charge is 0.224 e.